The summed E-state index contributed by atoms with van der Waals surface area (Å²) in [6.07, 6.45) is 10.3. The van der Waals surface area contributed by atoms with Gasteiger partial charge in [0.2, 0.25) is 0 Å². The Morgan fingerprint density at radius 2 is 1.62 bits per heavy atom. The van der Waals surface area contributed by atoms with Crippen LogP contribution in [0.25, 0.3) is 0 Å². The van der Waals surface area contributed by atoms with Gasteiger partial charge in [0.15, 0.2) is 0 Å². The highest BCUT2D eigenvalue weighted by Gasteiger charge is 1.93. The molecule has 0 bridgehead atoms. The summed E-state index contributed by atoms with van der Waals surface area (Å²) < 4.78 is 0. The maximum Gasteiger partial charge on any atom is 0.301 e. The highest BCUT2D eigenvalue weighted by Crippen LogP contribution is 2.07. The number of unbranched alkanes of at least 4 members (excludes halogenated alkanes) is 7. The summed E-state index contributed by atoms with van der Waals surface area (Å²) in [5, 5.41) is -0.497. The first-order valence-electron chi connectivity index (χ1n) is 6.15. The van der Waals surface area contributed by atoms with Crippen LogP contribution < -0.4 is 11.0 Å². The second-order valence-electron chi connectivity index (χ2n) is 3.88. The van der Waals surface area contributed by atoms with Crippen LogP contribution in [-0.4, -0.2) is 11.8 Å². The molecule has 2 N–H and O–H groups in total. The Morgan fingerprint density at radius 1 is 1.06 bits per heavy atom. The minimum Gasteiger partial charge on any atom is -0.260 e. The first-order valence-corrected chi connectivity index (χ1v) is 6.59. The number of amides is 1. The quantitative estimate of drug-likeness (QED) is 0.299. The molecule has 0 atom stereocenters. The average molecular weight is 248 g/mol. The topological polar surface area (TPSA) is 50.4 Å². The second kappa shape index (κ2) is 12.8. The molecule has 0 heterocycles. The maximum absolute atomic E-state index is 10.3. The minimum atomic E-state index is -0.497. The molecule has 0 fully saturated rings. The fraction of sp³-hybridized carbons (Fsp3) is 0.909. The van der Waals surface area contributed by atoms with Crippen molar-refractivity contribution in [1.29, 1.82) is 0 Å². The van der Waals surface area contributed by atoms with Crippen molar-refractivity contribution >= 4 is 17.9 Å². The van der Waals surface area contributed by atoms with E-state index in [0.717, 1.165) is 13.0 Å². The van der Waals surface area contributed by atoms with Gasteiger partial charge in [-0.2, -0.15) is 10.4 Å². The van der Waals surface area contributed by atoms with Crippen molar-refractivity contribution in [3.8, 4) is 0 Å². The summed E-state index contributed by atoms with van der Waals surface area (Å²) in [4.78, 5) is 14.9. The van der Waals surface area contributed by atoms with Crippen LogP contribution in [0.1, 0.15) is 58.3 Å². The van der Waals surface area contributed by atoms with Gasteiger partial charge in [0.25, 0.3) is 0 Å². The van der Waals surface area contributed by atoms with E-state index in [1.807, 2.05) is 0 Å². The largest absolute Gasteiger partial charge is 0.301 e. The molecule has 0 unspecified atom stereocenters. The van der Waals surface area contributed by atoms with Crippen LogP contribution >= 0.6 is 12.6 Å². The molecule has 0 aliphatic carbocycles. The molecule has 96 valence electrons. The SMILES string of the molecule is CCCCCCCCCCNONC(=O)S. The molecule has 4 nitrogen and oxygen atoms in total. The van der Waals surface area contributed by atoms with Crippen LogP contribution in [0.15, 0.2) is 0 Å². The van der Waals surface area contributed by atoms with E-state index in [9.17, 15) is 4.79 Å². The smallest absolute Gasteiger partial charge is 0.260 e. The molecule has 0 aliphatic heterocycles. The number of nitrogens with one attached hydrogen (secondary N) is 2. The fourth-order valence-corrected chi connectivity index (χ4v) is 1.51. The highest BCUT2D eigenvalue weighted by molar-refractivity contribution is 7.96. The zero-order chi connectivity index (χ0) is 12.1. The molecule has 0 saturated carbocycles. The van der Waals surface area contributed by atoms with Crippen LogP contribution in [-0.2, 0) is 4.94 Å². The predicted octanol–water partition coefficient (Wildman–Crippen LogP) is 3.20. The van der Waals surface area contributed by atoms with Gasteiger partial charge in [-0.15, -0.1) is 0 Å². The Morgan fingerprint density at radius 3 is 2.19 bits per heavy atom. The monoisotopic (exact) mass is 248 g/mol. The Kier molecular flexibility index (Phi) is 12.6. The number of thiol groups is 1. The van der Waals surface area contributed by atoms with Gasteiger partial charge in [0, 0.05) is 6.54 Å². The molecule has 0 aromatic heterocycles. The first kappa shape index (κ1) is 15.7. The number of hydrogen-bond acceptors (Lipinski definition) is 3. The van der Waals surface area contributed by atoms with Gasteiger partial charge in [-0.3, -0.25) is 4.79 Å². The van der Waals surface area contributed by atoms with Gasteiger partial charge >= 0.3 is 5.24 Å². The van der Waals surface area contributed by atoms with E-state index in [-0.39, 0.29) is 0 Å². The Balaban J connectivity index is 2.90. The molecule has 0 spiro atoms. The summed E-state index contributed by atoms with van der Waals surface area (Å²) >= 11 is 3.48. The van der Waals surface area contributed by atoms with Gasteiger partial charge in [-0.05, 0) is 6.42 Å². The van der Waals surface area contributed by atoms with Gasteiger partial charge < -0.3 is 0 Å². The van der Waals surface area contributed by atoms with E-state index >= 15 is 0 Å². The summed E-state index contributed by atoms with van der Waals surface area (Å²) in [6.45, 7) is 2.98. The molecule has 0 aromatic carbocycles. The van der Waals surface area contributed by atoms with Crippen molar-refractivity contribution in [2.45, 2.75) is 58.3 Å². The molecular weight excluding hydrogens is 224 g/mol. The summed E-state index contributed by atoms with van der Waals surface area (Å²) in [7, 11) is 0. The lowest BCUT2D eigenvalue weighted by Crippen LogP contribution is -2.28. The summed E-state index contributed by atoms with van der Waals surface area (Å²) in [6, 6.07) is 0. The number of rotatable bonds is 11. The predicted molar refractivity (Wildman–Crippen MR) is 69.2 cm³/mol. The molecule has 0 aromatic rings. The van der Waals surface area contributed by atoms with E-state index in [0.29, 0.717) is 0 Å². The standard InChI is InChI=1S/C11H24N2O2S/c1-2-3-4-5-6-7-8-9-10-12-15-13-11(14)16/h12H,2-10H2,1H3,(H2,13,14,16). The summed E-state index contributed by atoms with van der Waals surface area (Å²) in [5.41, 5.74) is 4.73. The lowest BCUT2D eigenvalue weighted by atomic mass is 10.1. The first-order chi connectivity index (χ1) is 7.77. The third-order valence-electron chi connectivity index (χ3n) is 2.34. The van der Waals surface area contributed by atoms with E-state index in [2.05, 4.69) is 35.5 Å². The van der Waals surface area contributed by atoms with E-state index in [1.165, 1.54) is 44.9 Å². The Labute approximate surface area is 104 Å². The average Bonchev–Trinajstić information content (AvgIpc) is 2.25. The Bertz CT molecular complexity index is 168. The molecule has 16 heavy (non-hydrogen) atoms. The third-order valence-corrected chi connectivity index (χ3v) is 2.43. The molecule has 0 aliphatic rings. The van der Waals surface area contributed by atoms with E-state index < -0.39 is 5.24 Å². The lowest BCUT2D eigenvalue weighted by molar-refractivity contribution is -0.0113. The van der Waals surface area contributed by atoms with Gasteiger partial charge in [-0.1, -0.05) is 64.5 Å². The Hall–Kier alpha value is -0.260. The van der Waals surface area contributed by atoms with Crippen molar-refractivity contribution in [3.63, 3.8) is 0 Å². The fourth-order valence-electron chi connectivity index (χ4n) is 1.46. The zero-order valence-corrected chi connectivity index (χ0v) is 11.0. The molecule has 0 radical (unpaired) electrons. The van der Waals surface area contributed by atoms with Crippen molar-refractivity contribution in [1.82, 2.24) is 11.0 Å². The van der Waals surface area contributed by atoms with Crippen molar-refractivity contribution in [3.05, 3.63) is 0 Å². The van der Waals surface area contributed by atoms with Crippen molar-refractivity contribution in [2.75, 3.05) is 6.54 Å². The van der Waals surface area contributed by atoms with Crippen molar-refractivity contribution in [2.24, 2.45) is 0 Å². The van der Waals surface area contributed by atoms with Gasteiger partial charge in [-0.25, -0.2) is 5.48 Å². The normalized spacial score (nSPS) is 10.4. The van der Waals surface area contributed by atoms with Gasteiger partial charge in [0.05, 0.1) is 0 Å². The minimum absolute atomic E-state index is 0.497. The van der Waals surface area contributed by atoms with E-state index in [4.69, 9.17) is 0 Å². The van der Waals surface area contributed by atoms with Crippen LogP contribution in [0, 0.1) is 0 Å². The van der Waals surface area contributed by atoms with E-state index in [1.54, 1.807) is 0 Å². The highest BCUT2D eigenvalue weighted by atomic mass is 32.1. The van der Waals surface area contributed by atoms with Crippen LogP contribution in [0.2, 0.25) is 0 Å². The molecular formula is C11H24N2O2S. The molecule has 5 heteroatoms. The number of carbonyl (C=O) groups is 1. The second-order valence-corrected chi connectivity index (χ2v) is 4.28. The summed E-state index contributed by atoms with van der Waals surface area (Å²) in [5.74, 6) is 0. The third kappa shape index (κ3) is 13.7. The van der Waals surface area contributed by atoms with Crippen LogP contribution in [0.5, 0.6) is 0 Å². The number of hydroxylamine groups is 2. The zero-order valence-electron chi connectivity index (χ0n) is 10.1. The molecule has 0 saturated heterocycles. The van der Waals surface area contributed by atoms with Crippen LogP contribution in [0.3, 0.4) is 0 Å². The maximum atomic E-state index is 10.3. The van der Waals surface area contributed by atoms with Crippen LogP contribution in [0.4, 0.5) is 4.79 Å². The number of carbonyl (C=O) groups excluding carboxylic acids is 1. The number of hydrogen-bond donors (Lipinski definition) is 3. The lowest BCUT2D eigenvalue weighted by Gasteiger charge is -2.04. The van der Waals surface area contributed by atoms with Crippen molar-refractivity contribution < 1.29 is 9.73 Å². The molecule has 1 amide bonds. The molecule has 0 rings (SSSR count). The van der Waals surface area contributed by atoms with Gasteiger partial charge in [0.1, 0.15) is 0 Å².